The largest absolute Gasteiger partial charge is 0.328 e. The number of rotatable bonds is 16. The molecule has 0 rings (SSSR count). The molecule has 0 saturated heterocycles. The Morgan fingerprint density at radius 1 is 0.727 bits per heavy atom. The van der Waals surface area contributed by atoms with Crippen molar-refractivity contribution < 1.29 is 14.2 Å². The molecule has 0 aliphatic heterocycles. The molecule has 0 aromatic rings. The van der Waals surface area contributed by atoms with E-state index < -0.39 is 5.97 Å². The molecule has 0 heterocycles. The Bertz CT molecular complexity index is 219. The Balaban J connectivity index is 4.58. The highest BCUT2D eigenvalue weighted by Gasteiger charge is 2.41. The van der Waals surface area contributed by atoms with Gasteiger partial charge in [-0.1, -0.05) is 68.0 Å². The molecule has 0 spiro atoms. The Hall–Kier alpha value is 0.610. The van der Waals surface area contributed by atoms with Gasteiger partial charge in [-0.2, -0.15) is 0 Å². The molecular formula is C18H37IO3. The van der Waals surface area contributed by atoms with Gasteiger partial charge in [0.25, 0.3) is 5.97 Å². The Morgan fingerprint density at radius 3 is 1.68 bits per heavy atom. The number of ether oxygens (including phenoxy) is 3. The molecule has 0 aromatic carbocycles. The van der Waals surface area contributed by atoms with E-state index in [1.54, 1.807) is 0 Å². The molecule has 3 nitrogen and oxygen atoms in total. The molecule has 4 heteroatoms. The lowest BCUT2D eigenvalue weighted by Gasteiger charge is -2.39. The molecule has 0 fully saturated rings. The average Bonchev–Trinajstić information content (AvgIpc) is 2.50. The summed E-state index contributed by atoms with van der Waals surface area (Å²) in [7, 11) is 0. The third-order valence-electron chi connectivity index (χ3n) is 3.90. The van der Waals surface area contributed by atoms with Crippen molar-refractivity contribution in [1.82, 2.24) is 0 Å². The van der Waals surface area contributed by atoms with E-state index in [2.05, 4.69) is 29.5 Å². The standard InChI is InChI=1S/C18H37IO3/c1-5-9-10-11-12-13-14-17(15-16-19)18(20-6-2,21-7-3)22-8-4/h17H,5-16H2,1-4H3. The second-order valence-electron chi connectivity index (χ2n) is 5.63. The monoisotopic (exact) mass is 428 g/mol. The summed E-state index contributed by atoms with van der Waals surface area (Å²) in [6.07, 6.45) is 10.1. The molecular weight excluding hydrogens is 391 g/mol. The van der Waals surface area contributed by atoms with Gasteiger partial charge in [-0.15, -0.1) is 0 Å². The van der Waals surface area contributed by atoms with Gasteiger partial charge in [0, 0.05) is 30.2 Å². The maximum atomic E-state index is 5.97. The van der Waals surface area contributed by atoms with E-state index in [4.69, 9.17) is 14.2 Å². The van der Waals surface area contributed by atoms with Crippen molar-refractivity contribution in [1.29, 1.82) is 0 Å². The van der Waals surface area contributed by atoms with Gasteiger partial charge in [0.2, 0.25) is 0 Å². The third kappa shape index (κ3) is 9.04. The van der Waals surface area contributed by atoms with Gasteiger partial charge in [0.15, 0.2) is 0 Å². The van der Waals surface area contributed by atoms with Gasteiger partial charge in [-0.05, 0) is 33.6 Å². The Morgan fingerprint density at radius 2 is 1.23 bits per heavy atom. The molecule has 0 aliphatic rings. The highest BCUT2D eigenvalue weighted by molar-refractivity contribution is 14.1. The molecule has 22 heavy (non-hydrogen) atoms. The SMILES string of the molecule is CCCCCCCCC(CCI)C(OCC)(OCC)OCC. The zero-order valence-corrected chi connectivity index (χ0v) is 17.3. The van der Waals surface area contributed by atoms with Crippen molar-refractivity contribution in [3.05, 3.63) is 0 Å². The zero-order valence-electron chi connectivity index (χ0n) is 15.2. The quantitative estimate of drug-likeness (QED) is 0.132. The van der Waals surface area contributed by atoms with E-state index in [0.29, 0.717) is 25.7 Å². The molecule has 0 aliphatic carbocycles. The first-order valence-electron chi connectivity index (χ1n) is 9.18. The van der Waals surface area contributed by atoms with Gasteiger partial charge >= 0.3 is 0 Å². The summed E-state index contributed by atoms with van der Waals surface area (Å²) in [5, 5.41) is 0. The molecule has 1 unspecified atom stereocenters. The predicted molar refractivity (Wildman–Crippen MR) is 103 cm³/mol. The Kier molecular flexibility index (Phi) is 15.6. The van der Waals surface area contributed by atoms with Crippen molar-refractivity contribution in [2.75, 3.05) is 24.2 Å². The topological polar surface area (TPSA) is 27.7 Å². The normalized spacial score (nSPS) is 13.5. The summed E-state index contributed by atoms with van der Waals surface area (Å²) in [6.45, 7) is 10.2. The minimum atomic E-state index is -0.840. The average molecular weight is 428 g/mol. The van der Waals surface area contributed by atoms with Crippen LogP contribution < -0.4 is 0 Å². The maximum absolute atomic E-state index is 5.97. The lowest BCUT2D eigenvalue weighted by molar-refractivity contribution is -0.402. The zero-order chi connectivity index (χ0) is 16.7. The van der Waals surface area contributed by atoms with Crippen molar-refractivity contribution in [3.63, 3.8) is 0 Å². The van der Waals surface area contributed by atoms with E-state index in [1.165, 1.54) is 38.5 Å². The molecule has 1 atom stereocenters. The van der Waals surface area contributed by atoms with Crippen LogP contribution in [0.4, 0.5) is 0 Å². The van der Waals surface area contributed by atoms with Crippen molar-refractivity contribution in [3.8, 4) is 0 Å². The first kappa shape index (κ1) is 22.6. The van der Waals surface area contributed by atoms with E-state index in [1.807, 2.05) is 20.8 Å². The van der Waals surface area contributed by atoms with E-state index in [0.717, 1.165) is 17.3 Å². The van der Waals surface area contributed by atoms with Crippen molar-refractivity contribution in [2.24, 2.45) is 5.92 Å². The van der Waals surface area contributed by atoms with Crippen LogP contribution in [0.3, 0.4) is 0 Å². The van der Waals surface area contributed by atoms with Crippen LogP contribution in [0.25, 0.3) is 0 Å². The maximum Gasteiger partial charge on any atom is 0.285 e. The number of unbranched alkanes of at least 4 members (excludes halogenated alkanes) is 5. The van der Waals surface area contributed by atoms with Crippen molar-refractivity contribution >= 4 is 22.6 Å². The van der Waals surface area contributed by atoms with Gasteiger partial charge in [-0.25, -0.2) is 0 Å². The van der Waals surface area contributed by atoms with Crippen LogP contribution in [-0.4, -0.2) is 30.2 Å². The third-order valence-corrected chi connectivity index (χ3v) is 4.52. The molecule has 0 radical (unpaired) electrons. The fourth-order valence-corrected chi connectivity index (χ4v) is 3.63. The summed E-state index contributed by atoms with van der Waals surface area (Å²) in [5.74, 6) is -0.525. The molecule has 0 bridgehead atoms. The minimum Gasteiger partial charge on any atom is -0.328 e. The van der Waals surface area contributed by atoms with Crippen molar-refractivity contribution in [2.45, 2.75) is 85.0 Å². The lowest BCUT2D eigenvalue weighted by atomic mass is 9.95. The molecule has 0 amide bonds. The molecule has 0 N–H and O–H groups in total. The van der Waals surface area contributed by atoms with Crippen LogP contribution in [0.1, 0.15) is 79.1 Å². The molecule has 0 saturated carbocycles. The molecule has 0 aromatic heterocycles. The highest BCUT2D eigenvalue weighted by Crippen LogP contribution is 2.33. The summed E-state index contributed by atoms with van der Waals surface area (Å²) in [4.78, 5) is 0. The lowest BCUT2D eigenvalue weighted by Crippen LogP contribution is -2.47. The van der Waals surface area contributed by atoms with Crippen LogP contribution in [-0.2, 0) is 14.2 Å². The summed E-state index contributed by atoms with van der Waals surface area (Å²) in [6, 6.07) is 0. The summed E-state index contributed by atoms with van der Waals surface area (Å²) < 4.78 is 19.0. The van der Waals surface area contributed by atoms with Gasteiger partial charge in [0.05, 0.1) is 0 Å². The molecule has 134 valence electrons. The Labute approximate surface area is 152 Å². The fraction of sp³-hybridized carbons (Fsp3) is 1.00. The van der Waals surface area contributed by atoms with Crippen LogP contribution in [0.15, 0.2) is 0 Å². The van der Waals surface area contributed by atoms with Gasteiger partial charge < -0.3 is 14.2 Å². The second kappa shape index (κ2) is 15.2. The number of alkyl halides is 1. The number of halogens is 1. The first-order valence-corrected chi connectivity index (χ1v) is 10.7. The van der Waals surface area contributed by atoms with Crippen LogP contribution in [0.2, 0.25) is 0 Å². The van der Waals surface area contributed by atoms with Gasteiger partial charge in [-0.3, -0.25) is 0 Å². The fourth-order valence-electron chi connectivity index (χ4n) is 2.88. The van der Waals surface area contributed by atoms with E-state index in [9.17, 15) is 0 Å². The smallest absolute Gasteiger partial charge is 0.285 e. The number of hydrogen-bond acceptors (Lipinski definition) is 3. The van der Waals surface area contributed by atoms with Gasteiger partial charge in [0.1, 0.15) is 0 Å². The summed E-state index contributed by atoms with van der Waals surface area (Å²) >= 11 is 2.44. The highest BCUT2D eigenvalue weighted by atomic mass is 127. The van der Waals surface area contributed by atoms with Crippen LogP contribution in [0, 0.1) is 5.92 Å². The summed E-state index contributed by atoms with van der Waals surface area (Å²) in [5.41, 5.74) is 0. The first-order chi connectivity index (χ1) is 10.7. The van der Waals surface area contributed by atoms with E-state index >= 15 is 0 Å². The minimum absolute atomic E-state index is 0.315. The van der Waals surface area contributed by atoms with Crippen LogP contribution >= 0.6 is 22.6 Å². The van der Waals surface area contributed by atoms with E-state index in [-0.39, 0.29) is 0 Å². The predicted octanol–water partition coefficient (Wildman–Crippen LogP) is 5.94. The second-order valence-corrected chi connectivity index (χ2v) is 6.71. The van der Waals surface area contributed by atoms with Crippen LogP contribution in [0.5, 0.6) is 0 Å². The number of hydrogen-bond donors (Lipinski definition) is 0.